The fourth-order valence-electron chi connectivity index (χ4n) is 4.19. The van der Waals surface area contributed by atoms with Gasteiger partial charge in [-0.1, -0.05) is 37.5 Å². The number of aromatic nitrogens is 1. The van der Waals surface area contributed by atoms with E-state index < -0.39 is 0 Å². The van der Waals surface area contributed by atoms with E-state index in [0.29, 0.717) is 12.3 Å². The maximum atomic E-state index is 12.6. The van der Waals surface area contributed by atoms with Gasteiger partial charge in [-0.3, -0.25) is 10.1 Å². The van der Waals surface area contributed by atoms with Crippen LogP contribution in [0.4, 0.5) is 0 Å². The third-order valence-electron chi connectivity index (χ3n) is 5.57. The summed E-state index contributed by atoms with van der Waals surface area (Å²) in [5.41, 5.74) is 6.32. The molecule has 2 aromatic rings. The lowest BCUT2D eigenvalue weighted by Gasteiger charge is -2.28. The van der Waals surface area contributed by atoms with Crippen LogP contribution in [0.15, 0.2) is 29.4 Å². The third-order valence-corrected chi connectivity index (χ3v) is 5.57. The Bertz CT molecular complexity index is 788. The lowest BCUT2D eigenvalue weighted by Crippen LogP contribution is -2.47. The van der Waals surface area contributed by atoms with Gasteiger partial charge in [-0.15, -0.1) is 0 Å². The van der Waals surface area contributed by atoms with Gasteiger partial charge in [-0.05, 0) is 43.7 Å². The first kappa shape index (κ1) is 16.3. The molecule has 2 heterocycles. The second-order valence-corrected chi connectivity index (χ2v) is 7.36. The Labute approximate surface area is 148 Å². The zero-order chi connectivity index (χ0) is 17.2. The normalized spacial score (nSPS) is 24.5. The van der Waals surface area contributed by atoms with Gasteiger partial charge >= 0.3 is 0 Å². The van der Waals surface area contributed by atoms with Crippen molar-refractivity contribution in [1.82, 2.24) is 15.7 Å². The maximum Gasteiger partial charge on any atom is 0.257 e. The molecule has 0 spiro atoms. The van der Waals surface area contributed by atoms with Crippen LogP contribution in [0.2, 0.25) is 0 Å². The smallest absolute Gasteiger partial charge is 0.257 e. The average molecular weight is 338 g/mol. The van der Waals surface area contributed by atoms with Crippen molar-refractivity contribution < 1.29 is 4.79 Å². The topological polar surface area (TPSA) is 69.3 Å². The molecule has 2 atom stereocenters. The van der Waals surface area contributed by atoms with Crippen LogP contribution in [0.1, 0.15) is 56.3 Å². The summed E-state index contributed by atoms with van der Waals surface area (Å²) >= 11 is 0. The van der Waals surface area contributed by atoms with E-state index in [9.17, 15) is 4.79 Å². The molecule has 1 fully saturated rings. The van der Waals surface area contributed by atoms with Crippen molar-refractivity contribution in [2.45, 2.75) is 57.5 Å². The number of hydrazone groups is 1. The first-order chi connectivity index (χ1) is 12.2. The number of para-hydroxylation sites is 1. The molecule has 25 heavy (non-hydrogen) atoms. The summed E-state index contributed by atoms with van der Waals surface area (Å²) in [7, 11) is 0. The number of carbonyl (C=O) groups excluding carboxylic acids is 1. The first-order valence-corrected chi connectivity index (χ1v) is 9.41. The zero-order valence-corrected chi connectivity index (χ0v) is 14.7. The Kier molecular flexibility index (Phi) is 4.57. The molecule has 0 saturated heterocycles. The van der Waals surface area contributed by atoms with Crippen molar-refractivity contribution >= 4 is 23.0 Å². The van der Waals surface area contributed by atoms with Crippen LogP contribution >= 0.6 is 0 Å². The Morgan fingerprint density at radius 1 is 1.24 bits per heavy atom. The maximum absolute atomic E-state index is 12.6. The zero-order valence-electron chi connectivity index (χ0n) is 14.7. The second-order valence-electron chi connectivity index (χ2n) is 7.36. The van der Waals surface area contributed by atoms with Gasteiger partial charge in [0, 0.05) is 28.9 Å². The SMILES string of the molecule is C[C@@H]1N[C@H](C(=O)NN=CC2CCCCC2)Cc2c1[nH]c1ccccc21. The molecule has 1 aliphatic carbocycles. The van der Waals surface area contributed by atoms with Crippen LogP contribution in [-0.4, -0.2) is 23.1 Å². The van der Waals surface area contributed by atoms with Crippen molar-refractivity contribution in [1.29, 1.82) is 0 Å². The van der Waals surface area contributed by atoms with Gasteiger partial charge in [0.25, 0.3) is 5.91 Å². The van der Waals surface area contributed by atoms with E-state index in [1.165, 1.54) is 48.7 Å². The summed E-state index contributed by atoms with van der Waals surface area (Å²) in [4.78, 5) is 16.0. The highest BCUT2D eigenvalue weighted by molar-refractivity contribution is 5.88. The highest BCUT2D eigenvalue weighted by atomic mass is 16.2. The summed E-state index contributed by atoms with van der Waals surface area (Å²) in [5, 5.41) is 8.85. The fourth-order valence-corrected chi connectivity index (χ4v) is 4.19. The predicted molar refractivity (Wildman–Crippen MR) is 101 cm³/mol. The van der Waals surface area contributed by atoms with Gasteiger partial charge in [0.1, 0.15) is 0 Å². The van der Waals surface area contributed by atoms with E-state index >= 15 is 0 Å². The van der Waals surface area contributed by atoms with Crippen molar-refractivity contribution in [3.8, 4) is 0 Å². The van der Waals surface area contributed by atoms with Crippen LogP contribution in [0, 0.1) is 5.92 Å². The number of nitrogens with zero attached hydrogens (tertiary/aromatic N) is 1. The highest BCUT2D eigenvalue weighted by Gasteiger charge is 2.30. The van der Waals surface area contributed by atoms with Crippen LogP contribution in [-0.2, 0) is 11.2 Å². The Balaban J connectivity index is 1.45. The molecule has 132 valence electrons. The van der Waals surface area contributed by atoms with Gasteiger partial charge in [-0.25, -0.2) is 5.43 Å². The minimum atomic E-state index is -0.245. The molecule has 2 aliphatic rings. The molecule has 3 N–H and O–H groups in total. The van der Waals surface area contributed by atoms with E-state index in [-0.39, 0.29) is 18.0 Å². The summed E-state index contributed by atoms with van der Waals surface area (Å²) in [6, 6.07) is 8.17. The van der Waals surface area contributed by atoms with Crippen LogP contribution in [0.5, 0.6) is 0 Å². The summed E-state index contributed by atoms with van der Waals surface area (Å²) in [5.74, 6) is 0.474. The van der Waals surface area contributed by atoms with E-state index in [4.69, 9.17) is 0 Å². The lowest BCUT2D eigenvalue weighted by molar-refractivity contribution is -0.123. The summed E-state index contributed by atoms with van der Waals surface area (Å²) in [6.07, 6.45) is 8.88. The number of H-pyrrole nitrogens is 1. The molecule has 5 nitrogen and oxygen atoms in total. The van der Waals surface area contributed by atoms with Crippen molar-refractivity contribution in [2.75, 3.05) is 0 Å². The standard InChI is InChI=1S/C20H26N4O/c1-13-19-16(15-9-5-6-10-17(15)23-19)11-18(22-13)20(25)24-21-12-14-7-3-2-4-8-14/h5-6,9-10,12-14,18,22-23H,2-4,7-8,11H2,1H3,(H,24,25)/t13-,18-/m0/s1. The average Bonchev–Trinajstić information content (AvgIpc) is 3.02. The molecule has 0 bridgehead atoms. The number of nitrogens with one attached hydrogen (secondary N) is 3. The number of rotatable bonds is 3. The van der Waals surface area contributed by atoms with Crippen molar-refractivity contribution in [2.24, 2.45) is 11.0 Å². The van der Waals surface area contributed by atoms with Gasteiger partial charge in [0.15, 0.2) is 0 Å². The van der Waals surface area contributed by atoms with Crippen LogP contribution in [0.25, 0.3) is 10.9 Å². The fraction of sp³-hybridized carbons (Fsp3) is 0.500. The molecular weight excluding hydrogens is 312 g/mol. The number of fused-ring (bicyclic) bond motifs is 3. The van der Waals surface area contributed by atoms with Gasteiger partial charge in [0.2, 0.25) is 0 Å². The molecule has 5 heteroatoms. The van der Waals surface area contributed by atoms with Crippen molar-refractivity contribution in [3.63, 3.8) is 0 Å². The molecule has 1 saturated carbocycles. The largest absolute Gasteiger partial charge is 0.357 e. The number of hydrogen-bond acceptors (Lipinski definition) is 3. The summed E-state index contributed by atoms with van der Waals surface area (Å²) in [6.45, 7) is 2.10. The molecule has 1 aromatic heterocycles. The minimum Gasteiger partial charge on any atom is -0.357 e. The molecule has 4 rings (SSSR count). The molecule has 1 aliphatic heterocycles. The van der Waals surface area contributed by atoms with E-state index in [1.54, 1.807) is 0 Å². The monoisotopic (exact) mass is 338 g/mol. The van der Waals surface area contributed by atoms with Gasteiger partial charge < -0.3 is 4.98 Å². The van der Waals surface area contributed by atoms with E-state index in [0.717, 1.165) is 5.52 Å². The van der Waals surface area contributed by atoms with E-state index in [1.807, 2.05) is 18.3 Å². The molecule has 0 unspecified atom stereocenters. The van der Waals surface area contributed by atoms with Crippen LogP contribution in [0.3, 0.4) is 0 Å². The lowest BCUT2D eigenvalue weighted by atomic mass is 9.90. The Morgan fingerprint density at radius 2 is 2.04 bits per heavy atom. The minimum absolute atomic E-state index is 0.0464. The predicted octanol–water partition coefficient (Wildman–Crippen LogP) is 3.43. The van der Waals surface area contributed by atoms with Gasteiger partial charge in [-0.2, -0.15) is 5.10 Å². The quantitative estimate of drug-likeness (QED) is 0.593. The molecule has 0 radical (unpaired) electrons. The number of benzene rings is 1. The molecule has 1 amide bonds. The molecular formula is C20H26N4O. The van der Waals surface area contributed by atoms with E-state index in [2.05, 4.69) is 39.9 Å². The highest BCUT2D eigenvalue weighted by Crippen LogP contribution is 2.31. The first-order valence-electron chi connectivity index (χ1n) is 9.41. The number of aromatic amines is 1. The third kappa shape index (κ3) is 3.33. The number of carbonyl (C=O) groups is 1. The van der Waals surface area contributed by atoms with Gasteiger partial charge in [0.05, 0.1) is 6.04 Å². The summed E-state index contributed by atoms with van der Waals surface area (Å²) < 4.78 is 0. The van der Waals surface area contributed by atoms with Crippen molar-refractivity contribution in [3.05, 3.63) is 35.5 Å². The molecule has 1 aromatic carbocycles. The number of hydrogen-bond donors (Lipinski definition) is 3. The Morgan fingerprint density at radius 3 is 2.88 bits per heavy atom. The Hall–Kier alpha value is -2.14. The number of amides is 1. The second kappa shape index (κ2) is 7.00. The van der Waals surface area contributed by atoms with Crippen LogP contribution < -0.4 is 10.7 Å².